The summed E-state index contributed by atoms with van der Waals surface area (Å²) in [7, 11) is -5.13. The van der Waals surface area contributed by atoms with E-state index < -0.39 is 26.2 Å². The second-order valence-corrected chi connectivity index (χ2v) is 9.37. The van der Waals surface area contributed by atoms with Crippen molar-refractivity contribution < 1.29 is 23.2 Å². The Labute approximate surface area is 186 Å². The molecule has 0 aliphatic rings. The number of hydrogen-bond acceptors (Lipinski definition) is 4. The zero-order valence-corrected chi connectivity index (χ0v) is 18.1. The van der Waals surface area contributed by atoms with Crippen LogP contribution in [0, 0.1) is 0 Å². The van der Waals surface area contributed by atoms with E-state index in [1.807, 2.05) is 0 Å². The van der Waals surface area contributed by atoms with Crippen LogP contribution in [-0.2, 0) is 14.9 Å². The smallest absolute Gasteiger partial charge is 0.283 e. The summed E-state index contributed by atoms with van der Waals surface area (Å²) in [5, 5.41) is 20.4. The largest absolute Gasteiger partial charge is 0.508 e. The van der Waals surface area contributed by atoms with E-state index in [1.54, 1.807) is 0 Å². The number of phenols is 2. The van der Waals surface area contributed by atoms with Crippen molar-refractivity contribution >= 4 is 56.5 Å². The van der Waals surface area contributed by atoms with Gasteiger partial charge in [0.05, 0.1) is 5.02 Å². The van der Waals surface area contributed by atoms with Crippen molar-refractivity contribution in [2.75, 3.05) is 0 Å². The van der Waals surface area contributed by atoms with Crippen LogP contribution in [0.2, 0.25) is 20.1 Å². The fourth-order valence-corrected chi connectivity index (χ4v) is 5.58. The lowest BCUT2D eigenvalue weighted by molar-refractivity contribution is 0.439. The van der Waals surface area contributed by atoms with Gasteiger partial charge >= 0.3 is 0 Å². The molecule has 0 aromatic heterocycles. The molecule has 0 radical (unpaired) electrons. The first-order chi connectivity index (χ1) is 13.5. The minimum atomic E-state index is -5.13. The molecular weight excluding hydrogens is 482 g/mol. The van der Waals surface area contributed by atoms with Gasteiger partial charge in [0.2, 0.25) is 0 Å². The Bertz CT molecular complexity index is 1190. The summed E-state index contributed by atoms with van der Waals surface area (Å²) in [6.07, 6.45) is 0. The highest BCUT2D eigenvalue weighted by Crippen LogP contribution is 2.52. The van der Waals surface area contributed by atoms with Gasteiger partial charge in [-0.3, -0.25) is 4.55 Å². The SMILES string of the molecule is O=S(=O)(O)C(c1cccc(O)c1)(c1cc(Cl)cc(Cl)c1)c1c(Cl)ccc(Cl)c1O. The third-order valence-corrected chi connectivity index (χ3v) is 6.84. The number of rotatable bonds is 4. The van der Waals surface area contributed by atoms with Crippen LogP contribution < -0.4 is 0 Å². The van der Waals surface area contributed by atoms with Gasteiger partial charge in [0.1, 0.15) is 11.5 Å². The first-order valence-corrected chi connectivity index (χ1v) is 10.8. The Morgan fingerprint density at radius 3 is 1.90 bits per heavy atom. The van der Waals surface area contributed by atoms with Crippen LogP contribution in [-0.4, -0.2) is 23.2 Å². The maximum atomic E-state index is 13.0. The Morgan fingerprint density at radius 1 is 0.759 bits per heavy atom. The molecule has 3 aromatic carbocycles. The molecule has 0 aliphatic carbocycles. The summed E-state index contributed by atoms with van der Waals surface area (Å²) in [5.74, 6) is -0.961. The first-order valence-electron chi connectivity index (χ1n) is 7.89. The van der Waals surface area contributed by atoms with Crippen LogP contribution in [0.4, 0.5) is 0 Å². The number of hydrogen-bond donors (Lipinski definition) is 3. The summed E-state index contributed by atoms with van der Waals surface area (Å²) in [4.78, 5) is 0. The van der Waals surface area contributed by atoms with Crippen molar-refractivity contribution in [2.45, 2.75) is 4.75 Å². The van der Waals surface area contributed by atoms with Gasteiger partial charge in [-0.05, 0) is 53.6 Å². The van der Waals surface area contributed by atoms with Crippen molar-refractivity contribution in [1.29, 1.82) is 0 Å². The average molecular weight is 494 g/mol. The quantitative estimate of drug-likeness (QED) is 0.311. The summed E-state index contributed by atoms with van der Waals surface area (Å²) in [6, 6.07) is 11.5. The highest BCUT2D eigenvalue weighted by molar-refractivity contribution is 7.87. The van der Waals surface area contributed by atoms with Gasteiger partial charge in [0, 0.05) is 20.6 Å². The topological polar surface area (TPSA) is 94.8 Å². The Balaban J connectivity index is 2.65. The minimum Gasteiger partial charge on any atom is -0.508 e. The van der Waals surface area contributed by atoms with E-state index in [0.717, 1.165) is 6.07 Å². The summed E-state index contributed by atoms with van der Waals surface area (Å²) in [6.45, 7) is 0. The van der Waals surface area contributed by atoms with Gasteiger partial charge in [0.15, 0.2) is 4.75 Å². The second kappa shape index (κ2) is 7.87. The van der Waals surface area contributed by atoms with Crippen molar-refractivity contribution in [2.24, 2.45) is 0 Å². The molecule has 3 aromatic rings. The molecule has 0 saturated heterocycles. The Morgan fingerprint density at radius 2 is 1.34 bits per heavy atom. The first kappa shape index (κ1) is 22.0. The number of phenolic OH excluding ortho intramolecular Hbond substituents is 2. The summed E-state index contributed by atoms with van der Waals surface area (Å²) < 4.78 is 33.9. The van der Waals surface area contributed by atoms with Crippen LogP contribution in [0.1, 0.15) is 16.7 Å². The van der Waals surface area contributed by atoms with Crippen molar-refractivity contribution in [1.82, 2.24) is 0 Å². The van der Waals surface area contributed by atoms with E-state index >= 15 is 0 Å². The van der Waals surface area contributed by atoms with E-state index in [9.17, 15) is 23.2 Å². The molecule has 0 heterocycles. The van der Waals surface area contributed by atoms with Crippen molar-refractivity contribution in [3.05, 3.63) is 91.4 Å². The molecule has 0 amide bonds. The second-order valence-electron chi connectivity index (χ2n) is 6.12. The zero-order valence-electron chi connectivity index (χ0n) is 14.3. The lowest BCUT2D eigenvalue weighted by atomic mass is 9.83. The zero-order chi connectivity index (χ0) is 21.6. The third-order valence-electron chi connectivity index (χ3n) is 4.34. The molecule has 3 N–H and O–H groups in total. The van der Waals surface area contributed by atoms with Gasteiger partial charge < -0.3 is 10.2 Å². The number of benzene rings is 3. The van der Waals surface area contributed by atoms with Gasteiger partial charge in [-0.15, -0.1) is 0 Å². The fourth-order valence-electron chi connectivity index (χ4n) is 3.24. The predicted octanol–water partition coefficient (Wildman–Crippen LogP) is 5.89. The molecule has 5 nitrogen and oxygen atoms in total. The average Bonchev–Trinajstić information content (AvgIpc) is 2.60. The molecule has 0 aliphatic heterocycles. The van der Waals surface area contributed by atoms with Crippen LogP contribution >= 0.6 is 46.4 Å². The molecule has 1 unspecified atom stereocenters. The van der Waals surface area contributed by atoms with Gasteiger partial charge in [-0.1, -0.05) is 58.5 Å². The van der Waals surface area contributed by atoms with Crippen molar-refractivity contribution in [3.8, 4) is 11.5 Å². The fraction of sp³-hybridized carbons (Fsp3) is 0.0526. The van der Waals surface area contributed by atoms with E-state index in [2.05, 4.69) is 0 Å². The third kappa shape index (κ3) is 3.77. The monoisotopic (exact) mass is 492 g/mol. The summed E-state index contributed by atoms with van der Waals surface area (Å²) >= 11 is 24.5. The lowest BCUT2D eigenvalue weighted by Gasteiger charge is -2.34. The number of aromatic hydroxyl groups is 2. The molecule has 0 fully saturated rings. The van der Waals surface area contributed by atoms with Crippen molar-refractivity contribution in [3.63, 3.8) is 0 Å². The summed E-state index contributed by atoms with van der Waals surface area (Å²) in [5.41, 5.74) is -0.668. The maximum Gasteiger partial charge on any atom is 0.283 e. The molecular formula is C19H12Cl4O5S. The van der Waals surface area contributed by atoms with E-state index in [0.29, 0.717) is 0 Å². The van der Waals surface area contributed by atoms with Gasteiger partial charge in [-0.25, -0.2) is 0 Å². The number of halogens is 4. The predicted molar refractivity (Wildman–Crippen MR) is 114 cm³/mol. The van der Waals surface area contributed by atoms with E-state index in [1.165, 1.54) is 48.5 Å². The lowest BCUT2D eigenvalue weighted by Crippen LogP contribution is -2.38. The standard InChI is InChI=1S/C19H12Cl4O5S/c20-12-6-11(7-13(21)9-12)19(29(26,27)28,10-2-1-3-14(24)8-10)17-15(22)4-5-16(23)18(17)25/h1-9,24-25H,(H,26,27,28). The highest BCUT2D eigenvalue weighted by atomic mass is 35.5. The molecule has 1 atom stereocenters. The Hall–Kier alpha value is -1.67. The molecule has 0 bridgehead atoms. The van der Waals surface area contributed by atoms with Crippen LogP contribution in [0.5, 0.6) is 11.5 Å². The molecule has 29 heavy (non-hydrogen) atoms. The van der Waals surface area contributed by atoms with Crippen LogP contribution in [0.15, 0.2) is 54.6 Å². The minimum absolute atomic E-state index is 0.0679. The molecule has 152 valence electrons. The van der Waals surface area contributed by atoms with Crippen LogP contribution in [0.25, 0.3) is 0 Å². The van der Waals surface area contributed by atoms with Crippen LogP contribution in [0.3, 0.4) is 0 Å². The molecule has 10 heteroatoms. The van der Waals surface area contributed by atoms with E-state index in [4.69, 9.17) is 46.4 Å². The normalized spacial score (nSPS) is 13.8. The highest BCUT2D eigenvalue weighted by Gasteiger charge is 2.52. The maximum absolute atomic E-state index is 13.0. The van der Waals surface area contributed by atoms with E-state index in [-0.39, 0.29) is 37.0 Å². The molecule has 3 rings (SSSR count). The van der Waals surface area contributed by atoms with Gasteiger partial charge in [0.25, 0.3) is 10.1 Å². The Kier molecular flexibility index (Phi) is 5.98. The van der Waals surface area contributed by atoms with Gasteiger partial charge in [-0.2, -0.15) is 8.42 Å². The molecule has 0 saturated carbocycles. The molecule has 0 spiro atoms.